The molecular weight excluding hydrogens is 400 g/mol. The van der Waals surface area contributed by atoms with E-state index < -0.39 is 5.60 Å². The van der Waals surface area contributed by atoms with Gasteiger partial charge in [0.15, 0.2) is 0 Å². The van der Waals surface area contributed by atoms with Gasteiger partial charge in [-0.1, -0.05) is 65.8 Å². The third-order valence-corrected chi connectivity index (χ3v) is 5.89. The molecule has 3 aromatic carbocycles. The van der Waals surface area contributed by atoms with Gasteiger partial charge in [0, 0.05) is 21.7 Å². The van der Waals surface area contributed by atoms with E-state index in [1.165, 1.54) is 0 Å². The van der Waals surface area contributed by atoms with E-state index in [0.29, 0.717) is 0 Å². The van der Waals surface area contributed by atoms with E-state index in [2.05, 4.69) is 0 Å². The summed E-state index contributed by atoms with van der Waals surface area (Å²) in [5.41, 5.74) is 2.91. The highest BCUT2D eigenvalue weighted by Gasteiger charge is 2.18. The van der Waals surface area contributed by atoms with Crippen molar-refractivity contribution in [3.05, 3.63) is 95.6 Å². The Morgan fingerprint density at radius 3 is 2.17 bits per heavy atom. The zero-order chi connectivity index (χ0) is 20.4. The molecule has 4 rings (SSSR count). The Labute approximate surface area is 180 Å². The minimum atomic E-state index is -0.872. The van der Waals surface area contributed by atoms with Gasteiger partial charge < -0.3 is 5.11 Å². The Morgan fingerprint density at radius 2 is 1.55 bits per heavy atom. The van der Waals surface area contributed by atoms with Crippen LogP contribution in [0.1, 0.15) is 19.4 Å². The third kappa shape index (κ3) is 4.56. The lowest BCUT2D eigenvalue weighted by molar-refractivity contribution is 0.0786. The largest absolute Gasteiger partial charge is 0.386 e. The molecule has 0 saturated carbocycles. The summed E-state index contributed by atoms with van der Waals surface area (Å²) in [6, 6.07) is 25.8. The molecule has 0 aliphatic heterocycles. The monoisotopic (exact) mass is 420 g/mol. The van der Waals surface area contributed by atoms with E-state index in [1.54, 1.807) is 25.6 Å². The molecule has 5 heteroatoms. The zero-order valence-corrected chi connectivity index (χ0v) is 17.8. The molecule has 1 N–H and O–H groups in total. The van der Waals surface area contributed by atoms with Gasteiger partial charge in [-0.2, -0.15) is 5.10 Å². The molecule has 29 heavy (non-hydrogen) atoms. The number of halogens is 1. The van der Waals surface area contributed by atoms with Crippen LogP contribution in [0.3, 0.4) is 0 Å². The van der Waals surface area contributed by atoms with Crippen LogP contribution in [0.4, 0.5) is 0 Å². The second-order valence-electron chi connectivity index (χ2n) is 7.31. The average Bonchev–Trinajstić information content (AvgIpc) is 3.14. The molecule has 3 nitrogen and oxygen atoms in total. The Morgan fingerprint density at radius 1 is 0.897 bits per heavy atom. The summed E-state index contributed by atoms with van der Waals surface area (Å²) in [7, 11) is 0. The first-order valence-electron chi connectivity index (χ1n) is 9.32. The van der Waals surface area contributed by atoms with E-state index >= 15 is 0 Å². The van der Waals surface area contributed by atoms with Crippen molar-refractivity contribution in [1.82, 2.24) is 9.78 Å². The summed E-state index contributed by atoms with van der Waals surface area (Å²) in [6.45, 7) is 3.57. The molecule has 1 aromatic heterocycles. The van der Waals surface area contributed by atoms with Gasteiger partial charge in [-0.3, -0.25) is 0 Å². The quantitative estimate of drug-likeness (QED) is 0.396. The number of benzene rings is 3. The average molecular weight is 421 g/mol. The van der Waals surface area contributed by atoms with Gasteiger partial charge in [0.25, 0.3) is 0 Å². The van der Waals surface area contributed by atoms with E-state index in [-0.39, 0.29) is 0 Å². The molecule has 0 aliphatic rings. The van der Waals surface area contributed by atoms with Gasteiger partial charge in [0.1, 0.15) is 5.69 Å². The zero-order valence-electron chi connectivity index (χ0n) is 16.2. The summed E-state index contributed by atoms with van der Waals surface area (Å²) in [5, 5.41) is 15.8. The number of aliphatic hydroxyl groups is 1. The first kappa shape index (κ1) is 19.8. The lowest BCUT2D eigenvalue weighted by atomic mass is 9.97. The molecular formula is C24H21ClN2OS. The van der Waals surface area contributed by atoms with E-state index in [0.717, 1.165) is 37.3 Å². The normalized spacial score (nSPS) is 11.6. The van der Waals surface area contributed by atoms with Gasteiger partial charge in [0.2, 0.25) is 0 Å². The summed E-state index contributed by atoms with van der Waals surface area (Å²) in [5.74, 6) is 0. The van der Waals surface area contributed by atoms with Crippen molar-refractivity contribution in [3.8, 4) is 16.9 Å². The molecule has 0 atom stereocenters. The maximum atomic E-state index is 10.2. The SMILES string of the molecule is CC(C)(O)c1ccc(-c2nn(-c3ccccc3)cc2Sc2ccc(Cl)cc2)cc1. The molecule has 146 valence electrons. The van der Waals surface area contributed by atoms with Crippen LogP contribution in [0, 0.1) is 0 Å². The van der Waals surface area contributed by atoms with Crippen LogP contribution >= 0.6 is 23.4 Å². The Bertz CT molecular complexity index is 1100. The van der Waals surface area contributed by atoms with Crippen LogP contribution < -0.4 is 0 Å². The Kier molecular flexibility index (Phi) is 5.50. The Hall–Kier alpha value is -2.53. The highest BCUT2D eigenvalue weighted by molar-refractivity contribution is 7.99. The van der Waals surface area contributed by atoms with Crippen LogP contribution in [-0.4, -0.2) is 14.9 Å². The maximum Gasteiger partial charge on any atom is 0.107 e. The van der Waals surface area contributed by atoms with Crippen molar-refractivity contribution in [2.45, 2.75) is 29.2 Å². The standard InChI is InChI=1S/C24H21ClN2OS/c1-24(2,28)18-10-8-17(9-11-18)23-22(29-21-14-12-19(25)13-15-21)16-27(26-23)20-6-4-3-5-7-20/h3-16,28H,1-2H3. The molecule has 0 fully saturated rings. The van der Waals surface area contributed by atoms with Crippen molar-refractivity contribution < 1.29 is 5.11 Å². The second kappa shape index (κ2) is 8.07. The van der Waals surface area contributed by atoms with Crippen molar-refractivity contribution >= 4 is 23.4 Å². The fraction of sp³-hybridized carbons (Fsp3) is 0.125. The number of hydrogen-bond donors (Lipinski definition) is 1. The van der Waals surface area contributed by atoms with Crippen LogP contribution in [0.5, 0.6) is 0 Å². The van der Waals surface area contributed by atoms with E-state index in [9.17, 15) is 5.11 Å². The van der Waals surface area contributed by atoms with Crippen molar-refractivity contribution in [2.75, 3.05) is 0 Å². The first-order chi connectivity index (χ1) is 13.9. The summed E-state index contributed by atoms with van der Waals surface area (Å²) >= 11 is 7.68. The molecule has 4 aromatic rings. The predicted octanol–water partition coefficient (Wildman–Crippen LogP) is 6.57. The minimum absolute atomic E-state index is 0.719. The van der Waals surface area contributed by atoms with Crippen molar-refractivity contribution in [1.29, 1.82) is 0 Å². The second-order valence-corrected chi connectivity index (χ2v) is 8.87. The molecule has 0 spiro atoms. The third-order valence-electron chi connectivity index (χ3n) is 4.61. The van der Waals surface area contributed by atoms with Crippen LogP contribution in [0.25, 0.3) is 16.9 Å². The number of rotatable bonds is 5. The topological polar surface area (TPSA) is 38.1 Å². The maximum absolute atomic E-state index is 10.2. The molecule has 0 radical (unpaired) electrons. The fourth-order valence-corrected chi connectivity index (χ4v) is 4.07. The summed E-state index contributed by atoms with van der Waals surface area (Å²) in [6.07, 6.45) is 2.05. The molecule has 0 unspecified atom stereocenters. The number of hydrogen-bond acceptors (Lipinski definition) is 3. The summed E-state index contributed by atoms with van der Waals surface area (Å²) < 4.78 is 1.90. The Balaban J connectivity index is 1.76. The van der Waals surface area contributed by atoms with E-state index in [1.807, 2.05) is 89.7 Å². The lowest BCUT2D eigenvalue weighted by Gasteiger charge is -2.17. The van der Waals surface area contributed by atoms with Gasteiger partial charge in [-0.15, -0.1) is 0 Å². The van der Waals surface area contributed by atoms with Gasteiger partial charge >= 0.3 is 0 Å². The van der Waals surface area contributed by atoms with Crippen LogP contribution in [0.2, 0.25) is 5.02 Å². The molecule has 0 amide bonds. The number of nitrogens with zero attached hydrogens (tertiary/aromatic N) is 2. The van der Waals surface area contributed by atoms with Crippen molar-refractivity contribution in [3.63, 3.8) is 0 Å². The minimum Gasteiger partial charge on any atom is -0.386 e. The molecule has 0 saturated heterocycles. The number of para-hydroxylation sites is 1. The smallest absolute Gasteiger partial charge is 0.107 e. The van der Waals surface area contributed by atoms with Gasteiger partial charge in [-0.05, 0) is 55.8 Å². The van der Waals surface area contributed by atoms with Gasteiger partial charge in [-0.25, -0.2) is 4.68 Å². The molecule has 1 heterocycles. The lowest BCUT2D eigenvalue weighted by Crippen LogP contribution is -2.14. The van der Waals surface area contributed by atoms with Gasteiger partial charge in [0.05, 0.1) is 16.2 Å². The van der Waals surface area contributed by atoms with Crippen molar-refractivity contribution in [2.24, 2.45) is 0 Å². The predicted molar refractivity (Wildman–Crippen MR) is 120 cm³/mol. The van der Waals surface area contributed by atoms with Crippen LogP contribution in [-0.2, 0) is 5.60 Å². The highest BCUT2D eigenvalue weighted by atomic mass is 35.5. The van der Waals surface area contributed by atoms with Crippen LogP contribution in [0.15, 0.2) is 94.9 Å². The summed E-state index contributed by atoms with van der Waals surface area (Å²) in [4.78, 5) is 2.14. The number of aromatic nitrogens is 2. The fourth-order valence-electron chi connectivity index (χ4n) is 3.01. The first-order valence-corrected chi connectivity index (χ1v) is 10.5. The molecule has 0 aliphatic carbocycles. The van der Waals surface area contributed by atoms with E-state index in [4.69, 9.17) is 16.7 Å². The molecule has 0 bridgehead atoms. The highest BCUT2D eigenvalue weighted by Crippen LogP contribution is 2.37.